The first-order chi connectivity index (χ1) is 11.1. The number of thiophene rings is 1. The third-order valence-corrected chi connectivity index (χ3v) is 4.40. The molecule has 1 aromatic carbocycles. The van der Waals surface area contributed by atoms with Gasteiger partial charge in [-0.3, -0.25) is 9.59 Å². The van der Waals surface area contributed by atoms with Gasteiger partial charge in [0.1, 0.15) is 0 Å². The van der Waals surface area contributed by atoms with Gasteiger partial charge < -0.3 is 10.2 Å². The molecule has 1 aromatic heterocycles. The van der Waals surface area contributed by atoms with Gasteiger partial charge in [-0.1, -0.05) is 6.07 Å². The normalized spacial score (nSPS) is 10.3. The standard InChI is InChI=1S/C18H22N2O2S/c1-3-20(4-2)18(22)15-6-5-7-16(12-15)19-17(21)9-8-14-10-11-23-13-14/h5-7,10-13H,3-4,8-9H2,1-2H3,(H,19,21). The van der Waals surface area contributed by atoms with E-state index < -0.39 is 0 Å². The van der Waals surface area contributed by atoms with E-state index in [9.17, 15) is 9.59 Å². The predicted octanol–water partition coefficient (Wildman–Crippen LogP) is 3.80. The summed E-state index contributed by atoms with van der Waals surface area (Å²) < 4.78 is 0. The van der Waals surface area contributed by atoms with Crippen molar-refractivity contribution < 1.29 is 9.59 Å². The molecule has 23 heavy (non-hydrogen) atoms. The number of hydrogen-bond donors (Lipinski definition) is 1. The van der Waals surface area contributed by atoms with Crippen molar-refractivity contribution in [3.8, 4) is 0 Å². The van der Waals surface area contributed by atoms with Gasteiger partial charge in [0, 0.05) is 30.8 Å². The van der Waals surface area contributed by atoms with Crippen LogP contribution in [0.25, 0.3) is 0 Å². The van der Waals surface area contributed by atoms with Crippen molar-refractivity contribution in [2.75, 3.05) is 18.4 Å². The van der Waals surface area contributed by atoms with Crippen LogP contribution in [0.1, 0.15) is 36.2 Å². The number of hydrogen-bond acceptors (Lipinski definition) is 3. The van der Waals surface area contributed by atoms with Gasteiger partial charge in [-0.25, -0.2) is 0 Å². The summed E-state index contributed by atoms with van der Waals surface area (Å²) in [6.45, 7) is 5.26. The first-order valence-electron chi connectivity index (χ1n) is 7.84. The Balaban J connectivity index is 1.96. The topological polar surface area (TPSA) is 49.4 Å². The number of carbonyl (C=O) groups is 2. The molecule has 0 spiro atoms. The zero-order valence-electron chi connectivity index (χ0n) is 13.5. The summed E-state index contributed by atoms with van der Waals surface area (Å²) in [6.07, 6.45) is 1.17. The maximum Gasteiger partial charge on any atom is 0.253 e. The van der Waals surface area contributed by atoms with Crippen LogP contribution in [-0.4, -0.2) is 29.8 Å². The SMILES string of the molecule is CCN(CC)C(=O)c1cccc(NC(=O)CCc2ccsc2)c1. The number of benzene rings is 1. The van der Waals surface area contributed by atoms with Gasteiger partial charge in [0.15, 0.2) is 0 Å². The summed E-state index contributed by atoms with van der Waals surface area (Å²) in [5.41, 5.74) is 2.44. The highest BCUT2D eigenvalue weighted by Crippen LogP contribution is 2.14. The summed E-state index contributed by atoms with van der Waals surface area (Å²) in [5, 5.41) is 6.93. The highest BCUT2D eigenvalue weighted by Gasteiger charge is 2.13. The van der Waals surface area contributed by atoms with Crippen LogP contribution in [0.15, 0.2) is 41.1 Å². The fourth-order valence-electron chi connectivity index (χ4n) is 2.34. The van der Waals surface area contributed by atoms with E-state index in [1.54, 1.807) is 34.4 Å². The van der Waals surface area contributed by atoms with Gasteiger partial charge in [-0.15, -0.1) is 0 Å². The molecule has 0 unspecified atom stereocenters. The average molecular weight is 330 g/mol. The largest absolute Gasteiger partial charge is 0.339 e. The zero-order valence-corrected chi connectivity index (χ0v) is 14.4. The summed E-state index contributed by atoms with van der Waals surface area (Å²) in [4.78, 5) is 26.1. The number of rotatable bonds is 7. The molecule has 2 amide bonds. The van der Waals surface area contributed by atoms with Gasteiger partial charge in [-0.2, -0.15) is 11.3 Å². The summed E-state index contributed by atoms with van der Waals surface area (Å²) in [6, 6.07) is 9.15. The molecule has 0 fully saturated rings. The molecule has 0 bridgehead atoms. The number of aryl methyl sites for hydroxylation is 1. The van der Waals surface area contributed by atoms with E-state index >= 15 is 0 Å². The Bertz CT molecular complexity index is 649. The summed E-state index contributed by atoms with van der Waals surface area (Å²) in [5.74, 6) is -0.0481. The molecule has 0 saturated carbocycles. The van der Waals surface area contributed by atoms with Gasteiger partial charge in [-0.05, 0) is 60.9 Å². The number of amides is 2. The Kier molecular flexibility index (Phi) is 6.35. The third kappa shape index (κ3) is 4.93. The van der Waals surface area contributed by atoms with E-state index in [1.165, 1.54) is 5.56 Å². The lowest BCUT2D eigenvalue weighted by Crippen LogP contribution is -2.30. The number of anilines is 1. The Hall–Kier alpha value is -2.14. The molecule has 0 aliphatic carbocycles. The predicted molar refractivity (Wildman–Crippen MR) is 95.0 cm³/mol. The minimum Gasteiger partial charge on any atom is -0.339 e. The average Bonchev–Trinajstić information content (AvgIpc) is 3.08. The molecule has 2 aromatic rings. The minimum absolute atomic E-state index is 0.00984. The third-order valence-electron chi connectivity index (χ3n) is 3.66. The number of carbonyl (C=O) groups excluding carboxylic acids is 2. The Morgan fingerprint density at radius 1 is 1.17 bits per heavy atom. The van der Waals surface area contributed by atoms with Gasteiger partial charge in [0.05, 0.1) is 0 Å². The molecule has 0 aliphatic rings. The van der Waals surface area contributed by atoms with E-state index in [1.807, 2.05) is 31.4 Å². The molecule has 0 atom stereocenters. The number of nitrogens with one attached hydrogen (secondary N) is 1. The number of nitrogens with zero attached hydrogens (tertiary/aromatic N) is 1. The van der Waals surface area contributed by atoms with Crippen LogP contribution in [0.3, 0.4) is 0 Å². The molecular weight excluding hydrogens is 308 g/mol. The van der Waals surface area contributed by atoms with Crippen LogP contribution in [0.2, 0.25) is 0 Å². The van der Waals surface area contributed by atoms with Crippen LogP contribution in [0.5, 0.6) is 0 Å². The minimum atomic E-state index is -0.0383. The van der Waals surface area contributed by atoms with Crippen LogP contribution >= 0.6 is 11.3 Å². The smallest absolute Gasteiger partial charge is 0.253 e. The monoisotopic (exact) mass is 330 g/mol. The van der Waals surface area contributed by atoms with Crippen molar-refractivity contribution in [1.82, 2.24) is 4.90 Å². The molecule has 1 N–H and O–H groups in total. The van der Waals surface area contributed by atoms with Crippen molar-refractivity contribution in [2.24, 2.45) is 0 Å². The summed E-state index contributed by atoms with van der Waals surface area (Å²) in [7, 11) is 0. The first kappa shape index (κ1) is 17.2. The Labute approximate surface area is 141 Å². The van der Waals surface area contributed by atoms with Crippen LogP contribution in [0, 0.1) is 0 Å². The first-order valence-corrected chi connectivity index (χ1v) is 8.78. The maximum absolute atomic E-state index is 12.3. The molecule has 5 heteroatoms. The van der Waals surface area contributed by atoms with Crippen molar-refractivity contribution in [3.63, 3.8) is 0 Å². The molecule has 0 radical (unpaired) electrons. The fourth-order valence-corrected chi connectivity index (χ4v) is 3.04. The lowest BCUT2D eigenvalue weighted by molar-refractivity contribution is -0.116. The molecule has 4 nitrogen and oxygen atoms in total. The highest BCUT2D eigenvalue weighted by atomic mass is 32.1. The van der Waals surface area contributed by atoms with Crippen LogP contribution < -0.4 is 5.32 Å². The van der Waals surface area contributed by atoms with E-state index in [2.05, 4.69) is 10.7 Å². The van der Waals surface area contributed by atoms with E-state index in [-0.39, 0.29) is 11.8 Å². The van der Waals surface area contributed by atoms with Gasteiger partial charge in [0.2, 0.25) is 5.91 Å². The van der Waals surface area contributed by atoms with Crippen LogP contribution in [0.4, 0.5) is 5.69 Å². The quantitative estimate of drug-likeness (QED) is 0.839. The molecule has 2 rings (SSSR count). The summed E-state index contributed by atoms with van der Waals surface area (Å²) >= 11 is 1.63. The van der Waals surface area contributed by atoms with E-state index in [4.69, 9.17) is 0 Å². The molecular formula is C18H22N2O2S. The van der Waals surface area contributed by atoms with E-state index in [0.29, 0.717) is 30.8 Å². The van der Waals surface area contributed by atoms with Crippen LogP contribution in [-0.2, 0) is 11.2 Å². The van der Waals surface area contributed by atoms with Crippen molar-refractivity contribution >= 4 is 28.8 Å². The maximum atomic E-state index is 12.3. The Morgan fingerprint density at radius 2 is 1.96 bits per heavy atom. The Morgan fingerprint density at radius 3 is 2.61 bits per heavy atom. The lowest BCUT2D eigenvalue weighted by atomic mass is 10.1. The second-order valence-electron chi connectivity index (χ2n) is 5.24. The molecule has 122 valence electrons. The zero-order chi connectivity index (χ0) is 16.7. The second kappa shape index (κ2) is 8.48. The van der Waals surface area contributed by atoms with Gasteiger partial charge in [0.25, 0.3) is 5.91 Å². The lowest BCUT2D eigenvalue weighted by Gasteiger charge is -2.19. The van der Waals surface area contributed by atoms with Gasteiger partial charge >= 0.3 is 0 Å². The van der Waals surface area contributed by atoms with E-state index in [0.717, 1.165) is 6.42 Å². The second-order valence-corrected chi connectivity index (χ2v) is 6.02. The van der Waals surface area contributed by atoms with Crippen molar-refractivity contribution in [2.45, 2.75) is 26.7 Å². The molecule has 1 heterocycles. The molecule has 0 aliphatic heterocycles. The fraction of sp³-hybridized carbons (Fsp3) is 0.333. The van der Waals surface area contributed by atoms with Crippen molar-refractivity contribution in [3.05, 3.63) is 52.2 Å². The van der Waals surface area contributed by atoms with Crippen molar-refractivity contribution in [1.29, 1.82) is 0 Å². The highest BCUT2D eigenvalue weighted by molar-refractivity contribution is 7.07. The molecule has 0 saturated heterocycles.